The summed E-state index contributed by atoms with van der Waals surface area (Å²) in [5, 5.41) is 0. The molecule has 0 aromatic rings. The third-order valence-electron chi connectivity index (χ3n) is 0.959. The van der Waals surface area contributed by atoms with E-state index in [-0.39, 0.29) is 6.61 Å². The van der Waals surface area contributed by atoms with Gasteiger partial charge in [0, 0.05) is 11.8 Å². The highest BCUT2D eigenvalue weighted by molar-refractivity contribution is 8.67. The fourth-order valence-electron chi connectivity index (χ4n) is 0.474. The SMILES string of the molecule is C=CC(=O)OCCCSP(O)(O)=S. The summed E-state index contributed by atoms with van der Waals surface area (Å²) in [4.78, 5) is 28.1. The molecule has 0 amide bonds. The largest absolute Gasteiger partial charge is 0.463 e. The standard InChI is InChI=1S/C6H11O4PS2/c1-2-6(7)10-4-3-5-13-11(8,9)12/h2H,1,3-5H2,(H2,8,9,12). The molecule has 0 aliphatic heterocycles. The Hall–Kier alpha value is 0.130. The maximum Gasteiger partial charge on any atom is 0.330 e. The van der Waals surface area contributed by atoms with Gasteiger partial charge in [-0.2, -0.15) is 0 Å². The number of carbonyl (C=O) groups excluding carboxylic acids is 1. The van der Waals surface area contributed by atoms with Gasteiger partial charge in [0.25, 0.3) is 0 Å². The zero-order valence-electron chi connectivity index (χ0n) is 6.88. The van der Waals surface area contributed by atoms with Gasteiger partial charge < -0.3 is 14.5 Å². The van der Waals surface area contributed by atoms with Crippen LogP contribution < -0.4 is 0 Å². The molecule has 0 aromatic heterocycles. The lowest BCUT2D eigenvalue weighted by molar-refractivity contribution is -0.137. The summed E-state index contributed by atoms with van der Waals surface area (Å²) in [6.45, 7) is 3.47. The molecule has 0 spiro atoms. The summed E-state index contributed by atoms with van der Waals surface area (Å²) < 4.78 is 4.65. The molecule has 4 nitrogen and oxygen atoms in total. The summed E-state index contributed by atoms with van der Waals surface area (Å²) in [5.41, 5.74) is -3.15. The van der Waals surface area contributed by atoms with Crippen molar-refractivity contribution in [3.63, 3.8) is 0 Å². The van der Waals surface area contributed by atoms with Gasteiger partial charge in [-0.3, -0.25) is 0 Å². The van der Waals surface area contributed by atoms with Crippen LogP contribution in [0.3, 0.4) is 0 Å². The minimum atomic E-state index is -3.15. The zero-order chi connectivity index (χ0) is 10.3. The van der Waals surface area contributed by atoms with Crippen molar-refractivity contribution in [2.75, 3.05) is 12.4 Å². The lowest BCUT2D eigenvalue weighted by Gasteiger charge is -2.05. The predicted octanol–water partition coefficient (Wildman–Crippen LogP) is 1.05. The first-order valence-electron chi connectivity index (χ1n) is 3.45. The van der Waals surface area contributed by atoms with E-state index >= 15 is 0 Å². The predicted molar refractivity (Wildman–Crippen MR) is 57.0 cm³/mol. The van der Waals surface area contributed by atoms with Crippen LogP contribution in [-0.2, 0) is 21.3 Å². The van der Waals surface area contributed by atoms with Crippen molar-refractivity contribution in [2.45, 2.75) is 6.42 Å². The second-order valence-electron chi connectivity index (χ2n) is 2.05. The third-order valence-corrected chi connectivity index (χ3v) is 4.27. The second kappa shape index (κ2) is 6.56. The topological polar surface area (TPSA) is 66.8 Å². The van der Waals surface area contributed by atoms with Gasteiger partial charge in [0.1, 0.15) is 0 Å². The van der Waals surface area contributed by atoms with E-state index in [2.05, 4.69) is 23.1 Å². The Morgan fingerprint density at radius 2 is 2.31 bits per heavy atom. The first kappa shape index (κ1) is 13.1. The van der Waals surface area contributed by atoms with Gasteiger partial charge >= 0.3 is 5.97 Å². The van der Waals surface area contributed by atoms with Crippen molar-refractivity contribution in [3.05, 3.63) is 12.7 Å². The molecule has 0 heterocycles. The number of rotatable bonds is 6. The molecule has 0 aliphatic rings. The molecule has 0 radical (unpaired) electrons. The first-order valence-corrected chi connectivity index (χ1v) is 7.75. The van der Waals surface area contributed by atoms with Crippen LogP contribution in [0.4, 0.5) is 0 Å². The van der Waals surface area contributed by atoms with Crippen LogP contribution in [-0.4, -0.2) is 28.1 Å². The van der Waals surface area contributed by atoms with E-state index in [1.54, 1.807) is 0 Å². The third kappa shape index (κ3) is 10.0. The van der Waals surface area contributed by atoms with E-state index in [1.165, 1.54) is 0 Å². The minimum Gasteiger partial charge on any atom is -0.463 e. The Labute approximate surface area is 85.9 Å². The highest BCUT2D eigenvalue weighted by Crippen LogP contribution is 2.50. The van der Waals surface area contributed by atoms with Crippen LogP contribution in [0.1, 0.15) is 6.42 Å². The molecule has 0 unspecified atom stereocenters. The van der Waals surface area contributed by atoms with Gasteiger partial charge in [0.15, 0.2) is 0 Å². The lowest BCUT2D eigenvalue weighted by atomic mass is 10.5. The molecule has 2 N–H and O–H groups in total. The quantitative estimate of drug-likeness (QED) is 0.314. The molecule has 0 saturated carbocycles. The van der Waals surface area contributed by atoms with Crippen LogP contribution in [0.15, 0.2) is 12.7 Å². The van der Waals surface area contributed by atoms with Crippen LogP contribution >= 0.6 is 17.1 Å². The van der Waals surface area contributed by atoms with Gasteiger partial charge in [0.05, 0.1) is 6.61 Å². The molecular weight excluding hydrogens is 231 g/mol. The minimum absolute atomic E-state index is 0.243. The molecule has 0 aromatic carbocycles. The molecule has 0 rings (SSSR count). The molecule has 0 saturated heterocycles. The lowest BCUT2D eigenvalue weighted by Crippen LogP contribution is -2.02. The fourth-order valence-corrected chi connectivity index (χ4v) is 2.73. The number of hydrogen-bond donors (Lipinski definition) is 2. The molecular formula is C6H11O4PS2. The van der Waals surface area contributed by atoms with Gasteiger partial charge in [0.2, 0.25) is 5.69 Å². The fraction of sp³-hybridized carbons (Fsp3) is 0.500. The molecule has 0 fully saturated rings. The van der Waals surface area contributed by atoms with Crippen molar-refractivity contribution in [1.82, 2.24) is 0 Å². The highest BCUT2D eigenvalue weighted by atomic mass is 32.9. The Morgan fingerprint density at radius 1 is 1.69 bits per heavy atom. The second-order valence-corrected chi connectivity index (χ2v) is 8.22. The van der Waals surface area contributed by atoms with E-state index in [1.807, 2.05) is 0 Å². The molecule has 7 heteroatoms. The maximum absolute atomic E-state index is 10.5. The van der Waals surface area contributed by atoms with Crippen LogP contribution in [0.25, 0.3) is 0 Å². The van der Waals surface area contributed by atoms with Gasteiger partial charge in [-0.1, -0.05) is 18.0 Å². The molecule has 0 aliphatic carbocycles. The zero-order valence-corrected chi connectivity index (χ0v) is 9.41. The Balaban J connectivity index is 3.32. The van der Waals surface area contributed by atoms with E-state index in [4.69, 9.17) is 9.79 Å². The highest BCUT2D eigenvalue weighted by Gasteiger charge is 2.06. The van der Waals surface area contributed by atoms with Crippen molar-refractivity contribution < 1.29 is 19.3 Å². The number of carbonyl (C=O) groups is 1. The van der Waals surface area contributed by atoms with E-state index in [0.717, 1.165) is 17.5 Å². The smallest absolute Gasteiger partial charge is 0.330 e. The van der Waals surface area contributed by atoms with Crippen LogP contribution in [0, 0.1) is 0 Å². The van der Waals surface area contributed by atoms with Crippen molar-refractivity contribution >= 4 is 34.9 Å². The van der Waals surface area contributed by atoms with E-state index in [9.17, 15) is 4.79 Å². The summed E-state index contributed by atoms with van der Waals surface area (Å²) in [5.74, 6) is -0.00764. The monoisotopic (exact) mass is 242 g/mol. The molecule has 13 heavy (non-hydrogen) atoms. The van der Waals surface area contributed by atoms with Crippen LogP contribution in [0.5, 0.6) is 0 Å². The Morgan fingerprint density at radius 3 is 2.77 bits per heavy atom. The number of hydrogen-bond acceptors (Lipinski definition) is 4. The van der Waals surface area contributed by atoms with Gasteiger partial charge in [-0.05, 0) is 18.2 Å². The van der Waals surface area contributed by atoms with Crippen molar-refractivity contribution in [3.8, 4) is 0 Å². The Bertz CT molecular complexity index is 225. The molecule has 0 atom stereocenters. The average Bonchev–Trinajstić information content (AvgIpc) is 2.01. The summed E-state index contributed by atoms with van der Waals surface area (Å²) in [6.07, 6.45) is 1.62. The van der Waals surface area contributed by atoms with Crippen LogP contribution in [0.2, 0.25) is 0 Å². The van der Waals surface area contributed by atoms with Crippen molar-refractivity contribution in [2.24, 2.45) is 0 Å². The summed E-state index contributed by atoms with van der Waals surface area (Å²) in [6, 6.07) is 0. The molecule has 0 bridgehead atoms. The normalized spacial score (nSPS) is 10.9. The first-order chi connectivity index (χ1) is 5.95. The number of esters is 1. The summed E-state index contributed by atoms with van der Waals surface area (Å²) >= 11 is 5.28. The Kier molecular flexibility index (Phi) is 6.63. The van der Waals surface area contributed by atoms with E-state index in [0.29, 0.717) is 12.2 Å². The van der Waals surface area contributed by atoms with Gasteiger partial charge in [-0.25, -0.2) is 4.79 Å². The molecule has 76 valence electrons. The van der Waals surface area contributed by atoms with Crippen molar-refractivity contribution in [1.29, 1.82) is 0 Å². The number of ether oxygens (including phenoxy) is 1. The summed E-state index contributed by atoms with van der Waals surface area (Å²) in [7, 11) is 0. The average molecular weight is 242 g/mol. The van der Waals surface area contributed by atoms with Gasteiger partial charge in [-0.15, -0.1) is 0 Å². The van der Waals surface area contributed by atoms with E-state index < -0.39 is 11.7 Å². The maximum atomic E-state index is 10.5.